The number of rotatable bonds is 4. The normalized spacial score (nSPS) is 21.4. The van der Waals surface area contributed by atoms with Crippen molar-refractivity contribution in [3.05, 3.63) is 202 Å². The summed E-state index contributed by atoms with van der Waals surface area (Å²) in [6, 6.07) is 37.1. The lowest BCUT2D eigenvalue weighted by molar-refractivity contribution is -0.204. The Morgan fingerprint density at radius 1 is 0.374 bits per heavy atom. The standard InChI is InChI=1S/C16H22O3.C16H22O2.C16H20O2.C14H18O.C8H9Br.C8H12O3.C6H5BrO2/c1-12-3-4-14(13(2)11-12)15(17)5-7-16(8-6-15)18-9-10-19-16;2*1-12-3-4-15(13(2)11-12)14-5-7-16(8-6-14)17-9-10-18-16;1-10-3-8-14(11(2)9-10)12-4-6-13(15)7-5-12;1-6-3-4-8(9)7(2)5-6;9-7-1-3-8(4-2-7)10-5-6-11-8;7-5-2-1-4(8)3-6(5)9/h3-4,11,17H,5-10H2,1-2H3;3-4,11,14H,5-10H2,1-2H3;3-5,11H,6-10H2,1-2H3;3,8-9,12H,4-7H2,1-2H3;3-5H,1-2H3;1-6H2;1-3,8-9H. The van der Waals surface area contributed by atoms with E-state index >= 15 is 0 Å². The number of aromatic hydroxyl groups is 2. The first-order valence-corrected chi connectivity index (χ1v) is 37.6. The van der Waals surface area contributed by atoms with E-state index in [1.54, 1.807) is 6.07 Å². The average molecular weight is 1490 g/mol. The molecule has 13 nitrogen and oxygen atoms in total. The average Bonchev–Trinajstić information content (AvgIpc) is 1.79. The molecule has 0 aromatic heterocycles. The molecular weight excluding hydrogens is 1380 g/mol. The second-order valence-corrected chi connectivity index (χ2v) is 30.5. The minimum Gasteiger partial charge on any atom is -0.508 e. The van der Waals surface area contributed by atoms with Gasteiger partial charge in [0.15, 0.2) is 23.1 Å². The van der Waals surface area contributed by atoms with Crippen LogP contribution in [0.5, 0.6) is 11.5 Å². The molecule has 4 spiro atoms. The Labute approximate surface area is 606 Å². The first kappa shape index (κ1) is 77.8. The molecule has 8 fully saturated rings. The van der Waals surface area contributed by atoms with Crippen LogP contribution in [0.3, 0.4) is 0 Å². The summed E-state index contributed by atoms with van der Waals surface area (Å²) in [5, 5.41) is 28.6. The molecule has 4 heterocycles. The van der Waals surface area contributed by atoms with Crippen LogP contribution in [0.25, 0.3) is 5.57 Å². The lowest BCUT2D eigenvalue weighted by atomic mass is 9.75. The number of ether oxygens (including phenoxy) is 8. The number of hydrogen-bond donors (Lipinski definition) is 3. The van der Waals surface area contributed by atoms with E-state index in [0.29, 0.717) is 80.0 Å². The van der Waals surface area contributed by atoms with Gasteiger partial charge in [-0.25, -0.2) is 0 Å². The largest absolute Gasteiger partial charge is 0.508 e. The predicted octanol–water partition coefficient (Wildman–Crippen LogP) is 19.5. The van der Waals surface area contributed by atoms with Crippen molar-refractivity contribution in [3.8, 4) is 11.5 Å². The van der Waals surface area contributed by atoms with Gasteiger partial charge in [0.05, 0.1) is 62.9 Å². The lowest BCUT2D eigenvalue weighted by Gasteiger charge is -2.41. The lowest BCUT2D eigenvalue weighted by Crippen LogP contribution is -2.42. The summed E-state index contributed by atoms with van der Waals surface area (Å²) in [5.74, 6) is 0.888. The molecule has 15 heteroatoms. The number of aliphatic hydroxyl groups is 1. The molecule has 0 radical (unpaired) electrons. The molecular formula is C84H108Br2O13. The summed E-state index contributed by atoms with van der Waals surface area (Å²) < 4.78 is 47.2. The Balaban J connectivity index is 0.000000137. The number of benzene rings is 6. The fourth-order valence-corrected chi connectivity index (χ4v) is 15.9. The maximum atomic E-state index is 11.2. The van der Waals surface area contributed by atoms with Gasteiger partial charge in [-0.05, 0) is 216 Å². The Morgan fingerprint density at radius 2 is 0.768 bits per heavy atom. The third kappa shape index (κ3) is 21.8. The highest BCUT2D eigenvalue weighted by Gasteiger charge is 2.47. The Morgan fingerprint density at radius 3 is 1.20 bits per heavy atom. The monoisotopic (exact) mass is 1480 g/mol. The molecule has 99 heavy (non-hydrogen) atoms. The molecule has 3 N–H and O–H groups in total. The van der Waals surface area contributed by atoms with E-state index in [1.807, 2.05) is 0 Å². The molecule has 6 aromatic rings. The smallest absolute Gasteiger partial charge is 0.172 e. The van der Waals surface area contributed by atoms with Crippen LogP contribution in [-0.2, 0) is 53.1 Å². The van der Waals surface area contributed by atoms with E-state index in [4.69, 9.17) is 48.1 Å². The van der Waals surface area contributed by atoms with Gasteiger partial charge in [0.25, 0.3) is 0 Å². The number of carbonyl (C=O) groups excluding carboxylic acids is 2. The second-order valence-electron chi connectivity index (χ2n) is 28.8. The fraction of sp³-hybridized carbons (Fsp3) is 0.524. The van der Waals surface area contributed by atoms with Crippen molar-refractivity contribution in [1.29, 1.82) is 0 Å². The molecule has 0 unspecified atom stereocenters. The Kier molecular flexibility index (Phi) is 28.0. The molecule has 536 valence electrons. The number of phenolic OH excluding ortho intramolecular Hbond substituents is 2. The van der Waals surface area contributed by atoms with Crippen LogP contribution < -0.4 is 0 Å². The third-order valence-electron chi connectivity index (χ3n) is 21.0. The van der Waals surface area contributed by atoms with E-state index in [9.17, 15) is 14.7 Å². The summed E-state index contributed by atoms with van der Waals surface area (Å²) in [5.41, 5.74) is 19.3. The molecule has 6 aromatic carbocycles. The minimum atomic E-state index is -0.724. The molecule has 0 bridgehead atoms. The molecule has 15 rings (SSSR count). The number of aryl methyl sites for hydroxylation is 10. The van der Waals surface area contributed by atoms with Crippen molar-refractivity contribution in [2.24, 2.45) is 0 Å². The third-order valence-corrected chi connectivity index (χ3v) is 22.5. The zero-order valence-corrected chi connectivity index (χ0v) is 63.6. The van der Waals surface area contributed by atoms with E-state index in [2.05, 4.69) is 198 Å². The summed E-state index contributed by atoms with van der Waals surface area (Å²) in [6.45, 7) is 27.1. The molecule has 5 aliphatic carbocycles. The van der Waals surface area contributed by atoms with Crippen LogP contribution >= 0.6 is 31.9 Å². The predicted molar refractivity (Wildman–Crippen MR) is 398 cm³/mol. The van der Waals surface area contributed by atoms with Crippen molar-refractivity contribution < 1.29 is 62.8 Å². The second kappa shape index (κ2) is 35.7. The van der Waals surface area contributed by atoms with Gasteiger partial charge in [0.2, 0.25) is 0 Å². The number of halogens is 2. The summed E-state index contributed by atoms with van der Waals surface area (Å²) >= 11 is 6.50. The maximum absolute atomic E-state index is 11.2. The SMILES string of the molecule is Cc1ccc(Br)c(C)c1.Cc1ccc(C2(O)CCC3(CC2)OCCO3)c(C)c1.Cc1ccc(C2=CCC3(CC2)OCCO3)c(C)c1.Cc1ccc(C2CCC(=O)CC2)c(C)c1.Cc1ccc(C2CCC3(CC2)OCCO3)c(C)c1.O=C1CCC2(CC1)OCCO2.Oc1ccc(Br)c(O)c1. The number of Topliss-reactive ketones (excluding diaryl/α,β-unsaturated/α-hetero) is 2. The van der Waals surface area contributed by atoms with Gasteiger partial charge in [-0.1, -0.05) is 135 Å². The van der Waals surface area contributed by atoms with E-state index in [0.717, 1.165) is 115 Å². The zero-order valence-electron chi connectivity index (χ0n) is 60.4. The topological polar surface area (TPSA) is 169 Å². The van der Waals surface area contributed by atoms with Gasteiger partial charge in [-0.3, -0.25) is 9.59 Å². The number of hydrogen-bond acceptors (Lipinski definition) is 13. The highest BCUT2D eigenvalue weighted by Crippen LogP contribution is 2.47. The highest BCUT2D eigenvalue weighted by atomic mass is 79.9. The molecule has 4 saturated heterocycles. The van der Waals surface area contributed by atoms with E-state index in [-0.39, 0.29) is 28.9 Å². The van der Waals surface area contributed by atoms with Crippen LogP contribution in [0.15, 0.2) is 124 Å². The highest BCUT2D eigenvalue weighted by molar-refractivity contribution is 9.10. The van der Waals surface area contributed by atoms with Crippen molar-refractivity contribution in [3.63, 3.8) is 0 Å². The van der Waals surface area contributed by atoms with Gasteiger partial charge in [-0.15, -0.1) is 0 Å². The first-order chi connectivity index (χ1) is 47.3. The van der Waals surface area contributed by atoms with Gasteiger partial charge in [-0.2, -0.15) is 0 Å². The number of ketones is 2. The van der Waals surface area contributed by atoms with Crippen LogP contribution in [-0.4, -0.2) is 103 Å². The van der Waals surface area contributed by atoms with Gasteiger partial charge in [0, 0.05) is 87.6 Å². The van der Waals surface area contributed by atoms with Gasteiger partial charge >= 0.3 is 0 Å². The number of phenols is 2. The molecule has 9 aliphatic rings. The van der Waals surface area contributed by atoms with Crippen molar-refractivity contribution >= 4 is 49.0 Å². The van der Waals surface area contributed by atoms with E-state index < -0.39 is 11.4 Å². The first-order valence-electron chi connectivity index (χ1n) is 36.0. The van der Waals surface area contributed by atoms with Gasteiger partial charge in [0.1, 0.15) is 23.1 Å². The minimum absolute atomic E-state index is 0.0509. The van der Waals surface area contributed by atoms with Crippen LogP contribution in [0.4, 0.5) is 0 Å². The zero-order chi connectivity index (χ0) is 71.0. The Bertz CT molecular complexity index is 3610. The van der Waals surface area contributed by atoms with Crippen molar-refractivity contribution in [1.82, 2.24) is 0 Å². The summed E-state index contributed by atoms with van der Waals surface area (Å²) in [4.78, 5) is 22.1. The maximum Gasteiger partial charge on any atom is 0.172 e. The van der Waals surface area contributed by atoms with Gasteiger partial charge < -0.3 is 53.2 Å². The van der Waals surface area contributed by atoms with Crippen molar-refractivity contribution in [2.45, 2.75) is 232 Å². The number of carbonyl (C=O) groups is 2. The van der Waals surface area contributed by atoms with Crippen LogP contribution in [0, 0.1) is 69.2 Å². The van der Waals surface area contributed by atoms with E-state index in [1.165, 1.54) is 107 Å². The fourth-order valence-electron chi connectivity index (χ4n) is 15.4. The molecule has 0 amide bonds. The summed E-state index contributed by atoms with van der Waals surface area (Å²) in [6.07, 6.45) is 19.0. The molecule has 4 saturated carbocycles. The van der Waals surface area contributed by atoms with Crippen LogP contribution in [0.1, 0.15) is 212 Å². The quantitative estimate of drug-likeness (QED) is 0.153. The summed E-state index contributed by atoms with van der Waals surface area (Å²) in [7, 11) is 0. The Hall–Kier alpha value is -5.40. The number of allylic oxidation sites excluding steroid dienone is 1. The molecule has 4 aliphatic heterocycles. The van der Waals surface area contributed by atoms with Crippen LogP contribution in [0.2, 0.25) is 0 Å². The molecule has 0 atom stereocenters. The van der Waals surface area contributed by atoms with Crippen molar-refractivity contribution in [2.75, 3.05) is 52.9 Å².